The number of para-hydroxylation sites is 1. The fourth-order valence-corrected chi connectivity index (χ4v) is 6.17. The van der Waals surface area contributed by atoms with Crippen molar-refractivity contribution in [2.75, 3.05) is 24.5 Å². The number of benzene rings is 4. The summed E-state index contributed by atoms with van der Waals surface area (Å²) in [5, 5.41) is 3.38. The van der Waals surface area contributed by atoms with E-state index in [9.17, 15) is 18.0 Å². The summed E-state index contributed by atoms with van der Waals surface area (Å²) in [6.45, 7) is 1.71. The maximum Gasteiger partial charge on any atom is 0.264 e. The molecule has 0 aliphatic heterocycles. The molecule has 0 saturated heterocycles. The minimum atomic E-state index is -4.19. The molecule has 43 heavy (non-hydrogen) atoms. The van der Waals surface area contributed by atoms with Crippen LogP contribution in [0.25, 0.3) is 0 Å². The number of rotatable bonds is 13. The molecule has 0 bridgehead atoms. The van der Waals surface area contributed by atoms with Gasteiger partial charge in [0.25, 0.3) is 10.0 Å². The summed E-state index contributed by atoms with van der Waals surface area (Å²) < 4.78 is 34.3. The van der Waals surface area contributed by atoms with E-state index in [4.69, 9.17) is 16.3 Å². The molecule has 1 N–H and O–H groups in total. The first-order valence-electron chi connectivity index (χ1n) is 13.8. The van der Waals surface area contributed by atoms with Gasteiger partial charge < -0.3 is 15.0 Å². The van der Waals surface area contributed by atoms with Crippen molar-refractivity contribution in [3.8, 4) is 5.75 Å². The molecule has 0 aromatic heterocycles. The molecule has 1 atom stereocenters. The molecule has 0 fully saturated rings. The Morgan fingerprint density at radius 2 is 1.44 bits per heavy atom. The number of methoxy groups -OCH3 is 1. The molecule has 0 aliphatic rings. The number of hydrogen-bond donors (Lipinski definition) is 1. The van der Waals surface area contributed by atoms with Crippen molar-refractivity contribution in [2.24, 2.45) is 0 Å². The SMILES string of the molecule is CCNC(=O)C(Cc1ccccc1)N(Cc1ccc(Cl)cc1)C(=O)CN(c1ccccc1)S(=O)(=O)c1ccc(OC)cc1. The van der Waals surface area contributed by atoms with Gasteiger partial charge >= 0.3 is 0 Å². The van der Waals surface area contributed by atoms with Gasteiger partial charge in [0.15, 0.2) is 0 Å². The summed E-state index contributed by atoms with van der Waals surface area (Å²) in [4.78, 5) is 29.3. The summed E-state index contributed by atoms with van der Waals surface area (Å²) in [6.07, 6.45) is 0.239. The van der Waals surface area contributed by atoms with E-state index in [0.29, 0.717) is 23.0 Å². The van der Waals surface area contributed by atoms with E-state index < -0.39 is 28.5 Å². The molecular formula is C33H34ClN3O5S. The molecule has 0 radical (unpaired) electrons. The Balaban J connectivity index is 1.77. The summed E-state index contributed by atoms with van der Waals surface area (Å²) in [5.41, 5.74) is 1.92. The lowest BCUT2D eigenvalue weighted by molar-refractivity contribution is -0.140. The Morgan fingerprint density at radius 1 is 0.837 bits per heavy atom. The zero-order valence-electron chi connectivity index (χ0n) is 24.0. The van der Waals surface area contributed by atoms with E-state index in [-0.39, 0.29) is 23.8 Å². The van der Waals surface area contributed by atoms with Crippen molar-refractivity contribution >= 4 is 39.1 Å². The maximum absolute atomic E-state index is 14.3. The topological polar surface area (TPSA) is 96.0 Å². The number of nitrogens with zero attached hydrogens (tertiary/aromatic N) is 2. The monoisotopic (exact) mass is 619 g/mol. The smallest absolute Gasteiger partial charge is 0.264 e. The molecule has 2 amide bonds. The van der Waals surface area contributed by atoms with Crippen LogP contribution in [0.2, 0.25) is 5.02 Å². The lowest BCUT2D eigenvalue weighted by atomic mass is 10.0. The second-order valence-electron chi connectivity index (χ2n) is 9.77. The van der Waals surface area contributed by atoms with Gasteiger partial charge in [-0.1, -0.05) is 72.3 Å². The van der Waals surface area contributed by atoms with Crippen LogP contribution in [0.5, 0.6) is 5.75 Å². The highest BCUT2D eigenvalue weighted by molar-refractivity contribution is 7.92. The van der Waals surface area contributed by atoms with Crippen molar-refractivity contribution in [3.05, 3.63) is 125 Å². The predicted molar refractivity (Wildman–Crippen MR) is 169 cm³/mol. The van der Waals surface area contributed by atoms with E-state index in [1.165, 1.54) is 24.1 Å². The first-order valence-corrected chi connectivity index (χ1v) is 15.6. The predicted octanol–water partition coefficient (Wildman–Crippen LogP) is 5.32. The quantitative estimate of drug-likeness (QED) is 0.219. The van der Waals surface area contributed by atoms with E-state index >= 15 is 0 Å². The molecule has 4 aromatic carbocycles. The Morgan fingerprint density at radius 3 is 2.02 bits per heavy atom. The first-order chi connectivity index (χ1) is 20.7. The maximum atomic E-state index is 14.3. The standard InChI is InChI=1S/C33H34ClN3O5S/c1-3-35-33(39)31(22-25-10-6-4-7-11-25)36(23-26-14-16-27(34)17-15-26)32(38)24-37(28-12-8-5-9-13-28)43(40,41)30-20-18-29(42-2)19-21-30/h4-21,31H,3,22-24H2,1-2H3,(H,35,39). The van der Waals surface area contributed by atoms with E-state index in [1.807, 2.05) is 30.3 Å². The number of nitrogens with one attached hydrogen (secondary N) is 1. The number of carbonyl (C=O) groups is 2. The first kappa shape index (κ1) is 31.6. The van der Waals surface area contributed by atoms with Gasteiger partial charge in [-0.05, 0) is 66.6 Å². The third kappa shape index (κ3) is 8.15. The third-order valence-corrected chi connectivity index (χ3v) is 8.90. The van der Waals surface area contributed by atoms with Crippen molar-refractivity contribution in [3.63, 3.8) is 0 Å². The Hall–Kier alpha value is -4.34. The lowest BCUT2D eigenvalue weighted by Gasteiger charge is -2.33. The fraction of sp³-hybridized carbons (Fsp3) is 0.212. The van der Waals surface area contributed by atoms with E-state index in [0.717, 1.165) is 15.4 Å². The minimum absolute atomic E-state index is 0.00114. The van der Waals surface area contributed by atoms with Crippen molar-refractivity contribution < 1.29 is 22.7 Å². The number of sulfonamides is 1. The van der Waals surface area contributed by atoms with Gasteiger partial charge in [-0.15, -0.1) is 0 Å². The van der Waals surface area contributed by atoms with Gasteiger partial charge in [0, 0.05) is 24.5 Å². The summed E-state index contributed by atoms with van der Waals surface area (Å²) in [7, 11) is -2.69. The molecule has 0 saturated carbocycles. The average molecular weight is 620 g/mol. The van der Waals surface area contributed by atoms with Crippen LogP contribution >= 0.6 is 11.6 Å². The minimum Gasteiger partial charge on any atom is -0.497 e. The molecule has 8 nitrogen and oxygen atoms in total. The van der Waals surface area contributed by atoms with Crippen LogP contribution in [0.4, 0.5) is 5.69 Å². The fourth-order valence-electron chi connectivity index (χ4n) is 4.63. The Labute approximate surface area is 257 Å². The second kappa shape index (κ2) is 14.7. The Kier molecular flexibility index (Phi) is 10.8. The van der Waals surface area contributed by atoms with Gasteiger partial charge in [0.05, 0.1) is 17.7 Å². The van der Waals surface area contributed by atoms with Crippen LogP contribution in [0.15, 0.2) is 114 Å². The molecular weight excluding hydrogens is 586 g/mol. The van der Waals surface area contributed by atoms with Crippen LogP contribution in [0.1, 0.15) is 18.1 Å². The van der Waals surface area contributed by atoms with Gasteiger partial charge in [0.2, 0.25) is 11.8 Å². The summed E-state index contributed by atoms with van der Waals surface area (Å²) in [5.74, 6) is -0.373. The molecule has 1 unspecified atom stereocenters. The molecule has 4 aromatic rings. The van der Waals surface area contributed by atoms with Crippen LogP contribution in [-0.4, -0.2) is 51.4 Å². The number of anilines is 1. The molecule has 224 valence electrons. The number of halogens is 1. The number of ether oxygens (including phenoxy) is 1. The summed E-state index contributed by atoms with van der Waals surface area (Å²) >= 11 is 6.11. The number of amides is 2. The van der Waals surface area contributed by atoms with Crippen molar-refractivity contribution in [1.29, 1.82) is 0 Å². The normalized spacial score (nSPS) is 11.8. The van der Waals surface area contributed by atoms with E-state index in [1.54, 1.807) is 73.7 Å². The van der Waals surface area contributed by atoms with Gasteiger partial charge in [-0.3, -0.25) is 13.9 Å². The number of hydrogen-bond acceptors (Lipinski definition) is 5. The number of likely N-dealkylation sites (N-methyl/N-ethyl adjacent to an activating group) is 1. The molecule has 0 heterocycles. The molecule has 0 spiro atoms. The third-order valence-electron chi connectivity index (χ3n) is 6.86. The van der Waals surface area contributed by atoms with Crippen LogP contribution in [0.3, 0.4) is 0 Å². The highest BCUT2D eigenvalue weighted by atomic mass is 35.5. The highest BCUT2D eigenvalue weighted by Gasteiger charge is 2.34. The van der Waals surface area contributed by atoms with Crippen LogP contribution in [0, 0.1) is 0 Å². The lowest BCUT2D eigenvalue weighted by Crippen LogP contribution is -2.53. The highest BCUT2D eigenvalue weighted by Crippen LogP contribution is 2.26. The zero-order valence-corrected chi connectivity index (χ0v) is 25.6. The molecule has 10 heteroatoms. The largest absolute Gasteiger partial charge is 0.497 e. The van der Waals surface area contributed by atoms with Gasteiger partial charge in [0.1, 0.15) is 18.3 Å². The number of carbonyl (C=O) groups excluding carboxylic acids is 2. The van der Waals surface area contributed by atoms with Crippen molar-refractivity contribution in [1.82, 2.24) is 10.2 Å². The zero-order chi connectivity index (χ0) is 30.8. The second-order valence-corrected chi connectivity index (χ2v) is 12.1. The molecule has 4 rings (SSSR count). The Bertz CT molecular complexity index is 1600. The van der Waals surface area contributed by atoms with E-state index in [2.05, 4.69) is 5.32 Å². The van der Waals surface area contributed by atoms with Crippen molar-refractivity contribution in [2.45, 2.75) is 30.8 Å². The van der Waals surface area contributed by atoms with Crippen LogP contribution in [-0.2, 0) is 32.6 Å². The van der Waals surface area contributed by atoms with Gasteiger partial charge in [-0.25, -0.2) is 8.42 Å². The van der Waals surface area contributed by atoms with Crippen LogP contribution < -0.4 is 14.4 Å². The summed E-state index contributed by atoms with van der Waals surface area (Å²) in [6, 6.07) is 29.9. The van der Waals surface area contributed by atoms with Gasteiger partial charge in [-0.2, -0.15) is 0 Å². The molecule has 0 aliphatic carbocycles. The average Bonchev–Trinajstić information content (AvgIpc) is 3.03.